The minimum absolute atomic E-state index is 0.00346. The molecule has 5 nitrogen and oxygen atoms in total. The average Bonchev–Trinajstić information content (AvgIpc) is 2.23. The highest BCUT2D eigenvalue weighted by Gasteiger charge is 2.28. The van der Waals surface area contributed by atoms with Crippen molar-refractivity contribution in [2.24, 2.45) is 11.3 Å². The van der Waals surface area contributed by atoms with E-state index in [0.717, 1.165) is 0 Å². The van der Waals surface area contributed by atoms with Gasteiger partial charge in [0.15, 0.2) is 0 Å². The van der Waals surface area contributed by atoms with Gasteiger partial charge in [-0.15, -0.1) is 0 Å². The largest absolute Gasteiger partial charge is 0.453 e. The fraction of sp³-hybridized carbons (Fsp3) is 0.846. The first-order chi connectivity index (χ1) is 8.09. The van der Waals surface area contributed by atoms with Gasteiger partial charge in [0.1, 0.15) is 6.04 Å². The van der Waals surface area contributed by atoms with Crippen molar-refractivity contribution in [3.63, 3.8) is 0 Å². The van der Waals surface area contributed by atoms with Crippen LogP contribution in [0.15, 0.2) is 0 Å². The summed E-state index contributed by atoms with van der Waals surface area (Å²) in [6.07, 6.45) is -0.590. The highest BCUT2D eigenvalue weighted by atomic mass is 16.5. The number of nitrogens with one attached hydrogen (secondary N) is 2. The van der Waals surface area contributed by atoms with Gasteiger partial charge < -0.3 is 15.4 Å². The smallest absolute Gasteiger partial charge is 0.407 e. The maximum absolute atomic E-state index is 12.1. The van der Waals surface area contributed by atoms with Crippen LogP contribution in [-0.4, -0.2) is 31.2 Å². The van der Waals surface area contributed by atoms with Gasteiger partial charge in [0.2, 0.25) is 5.91 Å². The summed E-state index contributed by atoms with van der Waals surface area (Å²) in [7, 11) is 1.28. The number of alkyl carbamates (subject to hydrolysis) is 1. The van der Waals surface area contributed by atoms with E-state index in [1.165, 1.54) is 7.11 Å². The van der Waals surface area contributed by atoms with Crippen molar-refractivity contribution in [3.05, 3.63) is 0 Å². The molecule has 0 spiro atoms. The zero-order valence-electron chi connectivity index (χ0n) is 12.5. The summed E-state index contributed by atoms with van der Waals surface area (Å²) >= 11 is 0. The SMILES string of the molecule is COC(=O)N[C@@H](C(=O)N[C@H](C)C(C)(C)C)C(C)C. The van der Waals surface area contributed by atoms with Crippen LogP contribution < -0.4 is 10.6 Å². The molecular formula is C13H26N2O3. The molecular weight excluding hydrogens is 232 g/mol. The van der Waals surface area contributed by atoms with Crippen molar-refractivity contribution < 1.29 is 14.3 Å². The van der Waals surface area contributed by atoms with E-state index in [2.05, 4.69) is 36.1 Å². The lowest BCUT2D eigenvalue weighted by molar-refractivity contribution is -0.125. The molecule has 0 saturated carbocycles. The molecule has 0 aromatic carbocycles. The Labute approximate surface area is 110 Å². The third-order valence-corrected chi connectivity index (χ3v) is 3.07. The van der Waals surface area contributed by atoms with E-state index in [4.69, 9.17) is 0 Å². The van der Waals surface area contributed by atoms with Crippen LogP contribution >= 0.6 is 0 Å². The molecule has 106 valence electrons. The van der Waals surface area contributed by atoms with Crippen LogP contribution in [0.25, 0.3) is 0 Å². The van der Waals surface area contributed by atoms with Gasteiger partial charge in [-0.1, -0.05) is 34.6 Å². The van der Waals surface area contributed by atoms with E-state index in [1.54, 1.807) is 0 Å². The molecule has 2 atom stereocenters. The number of hydrogen-bond acceptors (Lipinski definition) is 3. The van der Waals surface area contributed by atoms with E-state index in [-0.39, 0.29) is 23.3 Å². The predicted molar refractivity (Wildman–Crippen MR) is 71.2 cm³/mol. The monoisotopic (exact) mass is 258 g/mol. The normalized spacial score (nSPS) is 14.9. The Bertz CT molecular complexity index is 295. The molecule has 0 aliphatic carbocycles. The third-order valence-electron chi connectivity index (χ3n) is 3.07. The van der Waals surface area contributed by atoms with Crippen LogP contribution in [0.5, 0.6) is 0 Å². The minimum Gasteiger partial charge on any atom is -0.453 e. The van der Waals surface area contributed by atoms with Crippen molar-refractivity contribution in [3.8, 4) is 0 Å². The summed E-state index contributed by atoms with van der Waals surface area (Å²) in [5.41, 5.74) is -0.0253. The molecule has 0 bridgehead atoms. The Morgan fingerprint density at radius 1 is 1.06 bits per heavy atom. The molecule has 0 aliphatic rings. The molecule has 0 unspecified atom stereocenters. The second kappa shape index (κ2) is 6.61. The number of carbonyl (C=O) groups excluding carboxylic acids is 2. The first-order valence-corrected chi connectivity index (χ1v) is 6.24. The average molecular weight is 258 g/mol. The number of amides is 2. The number of methoxy groups -OCH3 is 1. The quantitative estimate of drug-likeness (QED) is 0.809. The van der Waals surface area contributed by atoms with Gasteiger partial charge in [-0.25, -0.2) is 4.79 Å². The van der Waals surface area contributed by atoms with Crippen LogP contribution in [0.1, 0.15) is 41.5 Å². The molecule has 0 radical (unpaired) electrons. The molecule has 0 aliphatic heterocycles. The fourth-order valence-electron chi connectivity index (χ4n) is 1.24. The van der Waals surface area contributed by atoms with Gasteiger partial charge in [0.05, 0.1) is 7.11 Å². The first kappa shape index (κ1) is 16.7. The topological polar surface area (TPSA) is 67.4 Å². The second-order valence-corrected chi connectivity index (χ2v) is 5.95. The molecule has 0 aromatic heterocycles. The Morgan fingerprint density at radius 2 is 1.56 bits per heavy atom. The van der Waals surface area contributed by atoms with Crippen molar-refractivity contribution in [2.75, 3.05) is 7.11 Å². The van der Waals surface area contributed by atoms with Crippen LogP contribution in [-0.2, 0) is 9.53 Å². The lowest BCUT2D eigenvalue weighted by Gasteiger charge is -2.30. The molecule has 0 aromatic rings. The molecule has 2 amide bonds. The summed E-state index contributed by atoms with van der Waals surface area (Å²) in [5, 5.41) is 5.47. The fourth-order valence-corrected chi connectivity index (χ4v) is 1.24. The summed E-state index contributed by atoms with van der Waals surface area (Å²) in [6.45, 7) is 11.9. The number of ether oxygens (including phenoxy) is 1. The van der Waals surface area contributed by atoms with E-state index < -0.39 is 12.1 Å². The van der Waals surface area contributed by atoms with Gasteiger partial charge in [-0.3, -0.25) is 4.79 Å². The number of hydrogen-bond donors (Lipinski definition) is 2. The van der Waals surface area contributed by atoms with E-state index >= 15 is 0 Å². The minimum atomic E-state index is -0.590. The maximum Gasteiger partial charge on any atom is 0.407 e. The van der Waals surface area contributed by atoms with Crippen molar-refractivity contribution in [1.29, 1.82) is 0 Å². The van der Waals surface area contributed by atoms with Gasteiger partial charge in [-0.2, -0.15) is 0 Å². The van der Waals surface area contributed by atoms with Crippen molar-refractivity contribution in [1.82, 2.24) is 10.6 Å². The van der Waals surface area contributed by atoms with Crippen molar-refractivity contribution >= 4 is 12.0 Å². The van der Waals surface area contributed by atoms with Crippen molar-refractivity contribution in [2.45, 2.75) is 53.6 Å². The van der Waals surface area contributed by atoms with Crippen LogP contribution in [0.2, 0.25) is 0 Å². The molecule has 0 fully saturated rings. The zero-order chi connectivity index (χ0) is 14.5. The zero-order valence-corrected chi connectivity index (χ0v) is 12.5. The van der Waals surface area contributed by atoms with E-state index in [0.29, 0.717) is 0 Å². The second-order valence-electron chi connectivity index (χ2n) is 5.95. The van der Waals surface area contributed by atoms with Gasteiger partial charge >= 0.3 is 6.09 Å². The van der Waals surface area contributed by atoms with Crippen LogP contribution in [0, 0.1) is 11.3 Å². The highest BCUT2D eigenvalue weighted by molar-refractivity contribution is 5.86. The summed E-state index contributed by atoms with van der Waals surface area (Å²) in [6, 6.07) is -0.562. The standard InChI is InChI=1S/C13H26N2O3/c1-8(2)10(15-12(17)18-7)11(16)14-9(3)13(4,5)6/h8-10H,1-7H3,(H,14,16)(H,15,17)/t9-,10-/m1/s1. The summed E-state index contributed by atoms with van der Waals surface area (Å²) in [4.78, 5) is 23.3. The molecule has 2 N–H and O–H groups in total. The molecule has 0 heterocycles. The lowest BCUT2D eigenvalue weighted by Crippen LogP contribution is -2.53. The number of carbonyl (C=O) groups is 2. The van der Waals surface area contributed by atoms with Gasteiger partial charge in [0.25, 0.3) is 0 Å². The lowest BCUT2D eigenvalue weighted by atomic mass is 9.87. The Hall–Kier alpha value is -1.26. The molecule has 18 heavy (non-hydrogen) atoms. The molecule has 0 saturated heterocycles. The van der Waals surface area contributed by atoms with Crippen LogP contribution in [0.3, 0.4) is 0 Å². The Balaban J connectivity index is 4.64. The molecule has 0 rings (SSSR count). The number of rotatable bonds is 4. The third kappa shape index (κ3) is 5.38. The first-order valence-electron chi connectivity index (χ1n) is 6.24. The summed E-state index contributed by atoms with van der Waals surface area (Å²) < 4.78 is 4.52. The summed E-state index contributed by atoms with van der Waals surface area (Å²) in [5.74, 6) is -0.186. The highest BCUT2D eigenvalue weighted by Crippen LogP contribution is 2.18. The Morgan fingerprint density at radius 3 is 1.89 bits per heavy atom. The van der Waals surface area contributed by atoms with Gasteiger partial charge in [0, 0.05) is 6.04 Å². The Kier molecular flexibility index (Phi) is 6.15. The van der Waals surface area contributed by atoms with Crippen LogP contribution in [0.4, 0.5) is 4.79 Å². The van der Waals surface area contributed by atoms with E-state index in [9.17, 15) is 9.59 Å². The van der Waals surface area contributed by atoms with E-state index in [1.807, 2.05) is 20.8 Å². The molecule has 5 heteroatoms. The predicted octanol–water partition coefficient (Wildman–Crippen LogP) is 1.92. The van der Waals surface area contributed by atoms with Gasteiger partial charge in [-0.05, 0) is 18.3 Å². The maximum atomic E-state index is 12.1.